The van der Waals surface area contributed by atoms with Gasteiger partial charge in [-0.1, -0.05) is 24.3 Å². The molecule has 0 spiro atoms. The van der Waals surface area contributed by atoms with Gasteiger partial charge in [0.1, 0.15) is 5.69 Å². The minimum absolute atomic E-state index is 0. The smallest absolute Gasteiger partial charge is 0.272 e. The van der Waals surface area contributed by atoms with Crippen molar-refractivity contribution in [2.24, 2.45) is 0 Å². The third-order valence-electron chi connectivity index (χ3n) is 7.55. The highest BCUT2D eigenvalue weighted by atomic mass is 35.5. The highest BCUT2D eigenvalue weighted by Crippen LogP contribution is 2.35. The van der Waals surface area contributed by atoms with Gasteiger partial charge < -0.3 is 24.0 Å². The van der Waals surface area contributed by atoms with Crippen molar-refractivity contribution in [1.82, 2.24) is 19.4 Å². The second-order valence-electron chi connectivity index (χ2n) is 9.62. The van der Waals surface area contributed by atoms with Gasteiger partial charge in [-0.05, 0) is 50.1 Å². The molecule has 2 aromatic heterocycles. The number of piperazine rings is 1. The molecule has 2 aliphatic rings. The lowest BCUT2D eigenvalue weighted by Crippen LogP contribution is -2.47. The second-order valence-corrected chi connectivity index (χ2v) is 9.62. The van der Waals surface area contributed by atoms with Crippen LogP contribution in [0.5, 0.6) is 0 Å². The largest absolute Gasteiger partial charge is 0.383 e. The predicted molar refractivity (Wildman–Crippen MR) is 143 cm³/mol. The number of fused-ring (bicyclic) bond motifs is 2. The van der Waals surface area contributed by atoms with Gasteiger partial charge in [0.2, 0.25) is 0 Å². The molecule has 1 amide bonds. The molecule has 0 aliphatic carbocycles. The summed E-state index contributed by atoms with van der Waals surface area (Å²) in [5.41, 5.74) is 6.82. The molecule has 188 valence electrons. The van der Waals surface area contributed by atoms with E-state index in [4.69, 9.17) is 9.72 Å². The summed E-state index contributed by atoms with van der Waals surface area (Å²) in [6.07, 6.45) is 0.979. The molecule has 35 heavy (non-hydrogen) atoms. The monoisotopic (exact) mass is 497 g/mol. The van der Waals surface area contributed by atoms with Crippen LogP contribution in [0.3, 0.4) is 0 Å². The van der Waals surface area contributed by atoms with Gasteiger partial charge in [0.15, 0.2) is 5.82 Å². The fourth-order valence-corrected chi connectivity index (χ4v) is 5.28. The Labute approximate surface area is 214 Å². The molecular formula is C27H36ClN5O2. The Morgan fingerprint density at radius 2 is 1.77 bits per heavy atom. The van der Waals surface area contributed by atoms with E-state index < -0.39 is 0 Å². The average molecular weight is 498 g/mol. The van der Waals surface area contributed by atoms with Gasteiger partial charge in [-0.25, -0.2) is 4.98 Å². The number of halogens is 1. The first-order valence-electron chi connectivity index (χ1n) is 12.3. The number of carbonyl (C=O) groups is 1. The Morgan fingerprint density at radius 1 is 1.06 bits per heavy atom. The van der Waals surface area contributed by atoms with Crippen molar-refractivity contribution in [2.75, 3.05) is 58.4 Å². The molecule has 7 nitrogen and oxygen atoms in total. The van der Waals surface area contributed by atoms with Crippen LogP contribution >= 0.6 is 12.4 Å². The zero-order valence-electron chi connectivity index (χ0n) is 21.2. The minimum atomic E-state index is 0. The number of amides is 1. The lowest BCUT2D eigenvalue weighted by molar-refractivity contribution is 0.0658. The van der Waals surface area contributed by atoms with Crippen molar-refractivity contribution in [3.05, 3.63) is 58.4 Å². The van der Waals surface area contributed by atoms with Crippen molar-refractivity contribution in [1.29, 1.82) is 0 Å². The lowest BCUT2D eigenvalue weighted by Gasteiger charge is -2.33. The SMILES string of the molecule is COCCn1c(C)c(C)c2cc(C(=O)N3CCN(C)CC3)nc(N3CCc4ccccc4C3)c21.Cl. The number of hydrogen-bond donors (Lipinski definition) is 0. The molecule has 1 aromatic carbocycles. The maximum atomic E-state index is 13.6. The summed E-state index contributed by atoms with van der Waals surface area (Å²) in [5.74, 6) is 0.951. The molecule has 1 fully saturated rings. The summed E-state index contributed by atoms with van der Waals surface area (Å²) in [6.45, 7) is 10.7. The fourth-order valence-electron chi connectivity index (χ4n) is 5.28. The lowest BCUT2D eigenvalue weighted by atomic mass is 10.00. The van der Waals surface area contributed by atoms with E-state index in [-0.39, 0.29) is 18.3 Å². The molecule has 3 aromatic rings. The van der Waals surface area contributed by atoms with Gasteiger partial charge in [-0.3, -0.25) is 4.79 Å². The van der Waals surface area contributed by atoms with Crippen LogP contribution in [-0.2, 0) is 24.2 Å². The Kier molecular flexibility index (Phi) is 7.69. The highest BCUT2D eigenvalue weighted by Gasteiger charge is 2.27. The first-order valence-corrected chi connectivity index (χ1v) is 12.3. The zero-order valence-corrected chi connectivity index (χ0v) is 22.0. The number of methoxy groups -OCH3 is 1. The van der Waals surface area contributed by atoms with Crippen LogP contribution in [0.2, 0.25) is 0 Å². The molecule has 0 atom stereocenters. The van der Waals surface area contributed by atoms with Crippen molar-refractivity contribution < 1.29 is 9.53 Å². The van der Waals surface area contributed by atoms with E-state index in [1.165, 1.54) is 22.4 Å². The number of benzene rings is 1. The summed E-state index contributed by atoms with van der Waals surface area (Å²) in [7, 11) is 3.84. The molecule has 5 rings (SSSR count). The summed E-state index contributed by atoms with van der Waals surface area (Å²) >= 11 is 0. The third-order valence-corrected chi connectivity index (χ3v) is 7.55. The number of likely N-dealkylation sites (N-methyl/N-ethyl adjacent to an activating group) is 1. The number of rotatable bonds is 5. The van der Waals surface area contributed by atoms with E-state index in [9.17, 15) is 4.79 Å². The topological polar surface area (TPSA) is 53.8 Å². The normalized spacial score (nSPS) is 16.3. The Bertz CT molecular complexity index is 1220. The summed E-state index contributed by atoms with van der Waals surface area (Å²) in [4.78, 5) is 25.2. The molecule has 0 unspecified atom stereocenters. The van der Waals surface area contributed by atoms with E-state index in [1.807, 2.05) is 11.0 Å². The van der Waals surface area contributed by atoms with E-state index in [0.717, 1.165) is 69.0 Å². The molecule has 0 N–H and O–H groups in total. The van der Waals surface area contributed by atoms with E-state index >= 15 is 0 Å². The number of anilines is 1. The van der Waals surface area contributed by atoms with Crippen LogP contribution in [0, 0.1) is 13.8 Å². The molecule has 0 bridgehead atoms. The van der Waals surface area contributed by atoms with Gasteiger partial charge in [0.05, 0.1) is 12.1 Å². The first kappa shape index (κ1) is 25.5. The Hall–Kier alpha value is -2.61. The highest BCUT2D eigenvalue weighted by molar-refractivity contribution is 6.01. The molecule has 0 radical (unpaired) electrons. The Morgan fingerprint density at radius 3 is 2.49 bits per heavy atom. The van der Waals surface area contributed by atoms with Crippen LogP contribution in [0.25, 0.3) is 10.9 Å². The number of aryl methyl sites for hydroxylation is 1. The van der Waals surface area contributed by atoms with Crippen LogP contribution in [0.4, 0.5) is 5.82 Å². The molecular weight excluding hydrogens is 462 g/mol. The summed E-state index contributed by atoms with van der Waals surface area (Å²) < 4.78 is 7.74. The molecule has 1 saturated heterocycles. The zero-order chi connectivity index (χ0) is 23.8. The van der Waals surface area contributed by atoms with Gasteiger partial charge in [0, 0.05) is 64.0 Å². The minimum Gasteiger partial charge on any atom is -0.383 e. The van der Waals surface area contributed by atoms with Crippen LogP contribution < -0.4 is 4.90 Å². The maximum Gasteiger partial charge on any atom is 0.272 e. The van der Waals surface area contributed by atoms with Gasteiger partial charge >= 0.3 is 0 Å². The number of ether oxygens (including phenoxy) is 1. The number of aromatic nitrogens is 2. The summed E-state index contributed by atoms with van der Waals surface area (Å²) in [6, 6.07) is 10.7. The quantitative estimate of drug-likeness (QED) is 0.538. The average Bonchev–Trinajstić information content (AvgIpc) is 3.11. The second kappa shape index (κ2) is 10.6. The first-order chi connectivity index (χ1) is 16.5. The molecule has 2 aliphatic heterocycles. The predicted octanol–water partition coefficient (Wildman–Crippen LogP) is 3.67. The standard InChI is InChI=1S/C27H35N5O2.ClH/c1-19-20(2)32(15-16-34-4)25-23(19)17-24(27(33)30-13-11-29(3)12-14-30)28-26(25)31-10-9-21-7-5-6-8-22(21)18-31;/h5-8,17H,9-16,18H2,1-4H3;1H. The van der Waals surface area contributed by atoms with Gasteiger partial charge in [-0.15, -0.1) is 12.4 Å². The van der Waals surface area contributed by atoms with E-state index in [0.29, 0.717) is 12.3 Å². The number of carbonyl (C=O) groups excluding carboxylic acids is 1. The molecule has 4 heterocycles. The van der Waals surface area contributed by atoms with Crippen LogP contribution in [0.1, 0.15) is 32.9 Å². The van der Waals surface area contributed by atoms with Crippen molar-refractivity contribution in [2.45, 2.75) is 33.4 Å². The maximum absolute atomic E-state index is 13.6. The van der Waals surface area contributed by atoms with E-state index in [1.54, 1.807) is 7.11 Å². The molecule has 0 saturated carbocycles. The third kappa shape index (κ3) is 4.77. The number of nitrogens with zero attached hydrogens (tertiary/aromatic N) is 5. The van der Waals surface area contributed by atoms with Crippen LogP contribution in [0.15, 0.2) is 30.3 Å². The fraction of sp³-hybridized carbons (Fsp3) is 0.481. The van der Waals surface area contributed by atoms with Crippen molar-refractivity contribution >= 4 is 35.0 Å². The van der Waals surface area contributed by atoms with E-state index in [2.05, 4.69) is 59.5 Å². The van der Waals surface area contributed by atoms with Crippen molar-refractivity contribution in [3.63, 3.8) is 0 Å². The van der Waals surface area contributed by atoms with Gasteiger partial charge in [-0.2, -0.15) is 0 Å². The van der Waals surface area contributed by atoms with Crippen LogP contribution in [-0.4, -0.2) is 78.7 Å². The Balaban J connectivity index is 0.00000289. The number of pyridine rings is 1. The number of hydrogen-bond acceptors (Lipinski definition) is 5. The summed E-state index contributed by atoms with van der Waals surface area (Å²) in [5, 5.41) is 1.12. The molecule has 8 heteroatoms. The van der Waals surface area contributed by atoms with Crippen molar-refractivity contribution in [3.8, 4) is 0 Å². The van der Waals surface area contributed by atoms with Gasteiger partial charge in [0.25, 0.3) is 5.91 Å².